The third-order valence-corrected chi connectivity index (χ3v) is 3.99. The minimum Gasteiger partial charge on any atom is -0.366 e. The zero-order chi connectivity index (χ0) is 14.7. The zero-order valence-corrected chi connectivity index (χ0v) is 11.7. The fourth-order valence-electron chi connectivity index (χ4n) is 2.67. The summed E-state index contributed by atoms with van der Waals surface area (Å²) in [6, 6.07) is 6.92. The summed E-state index contributed by atoms with van der Waals surface area (Å²) in [4.78, 5) is 25.3. The van der Waals surface area contributed by atoms with Crippen LogP contribution in [0, 0.1) is 11.8 Å². The van der Waals surface area contributed by atoms with Gasteiger partial charge in [-0.1, -0.05) is 19.1 Å². The summed E-state index contributed by atoms with van der Waals surface area (Å²) < 4.78 is 0. The summed E-state index contributed by atoms with van der Waals surface area (Å²) in [5.41, 5.74) is 12.2. The van der Waals surface area contributed by atoms with Crippen LogP contribution in [-0.4, -0.2) is 36.3 Å². The molecule has 0 bridgehead atoms. The second-order valence-corrected chi connectivity index (χ2v) is 5.51. The number of carbonyl (C=O) groups excluding carboxylic acids is 2. The normalized spacial score (nSPS) is 22.0. The van der Waals surface area contributed by atoms with Gasteiger partial charge in [0.2, 0.25) is 11.8 Å². The lowest BCUT2D eigenvalue weighted by molar-refractivity contribution is -0.129. The molecule has 0 aliphatic carbocycles. The molecule has 20 heavy (non-hydrogen) atoms. The smallest absolute Gasteiger partial charge is 0.248 e. The number of benzene rings is 1. The predicted molar refractivity (Wildman–Crippen MR) is 77.0 cm³/mol. The summed E-state index contributed by atoms with van der Waals surface area (Å²) in [6.45, 7) is 4.23. The van der Waals surface area contributed by atoms with Gasteiger partial charge in [0.15, 0.2) is 0 Å². The highest BCUT2D eigenvalue weighted by Crippen LogP contribution is 2.22. The van der Waals surface area contributed by atoms with E-state index in [-0.39, 0.29) is 5.91 Å². The molecule has 0 radical (unpaired) electrons. The molecule has 1 heterocycles. The number of hydrogen-bond acceptors (Lipinski definition) is 3. The van der Waals surface area contributed by atoms with Gasteiger partial charge in [-0.05, 0) is 36.1 Å². The van der Waals surface area contributed by atoms with Crippen molar-refractivity contribution in [1.82, 2.24) is 4.90 Å². The minimum absolute atomic E-state index is 0.0782. The molecule has 5 nitrogen and oxygen atoms in total. The number of carbonyl (C=O) groups is 2. The molecule has 0 saturated carbocycles. The molecule has 1 aromatic rings. The van der Waals surface area contributed by atoms with E-state index in [0.717, 1.165) is 18.7 Å². The maximum Gasteiger partial charge on any atom is 0.248 e. The van der Waals surface area contributed by atoms with E-state index in [1.807, 2.05) is 11.0 Å². The molecule has 2 atom stereocenters. The molecule has 0 spiro atoms. The van der Waals surface area contributed by atoms with Crippen molar-refractivity contribution in [3.8, 4) is 0 Å². The molecule has 1 fully saturated rings. The standard InChI is InChI=1S/C15H21N3O2/c1-10-8-18(9-13(10)7-16)14(19)6-11-3-2-4-12(5-11)15(17)20/h2-5,10,13H,6-9,16H2,1H3,(H2,17,20). The topological polar surface area (TPSA) is 89.4 Å². The number of primary amides is 1. The van der Waals surface area contributed by atoms with Crippen LogP contribution in [0.2, 0.25) is 0 Å². The Balaban J connectivity index is 2.02. The first-order valence-electron chi connectivity index (χ1n) is 6.88. The number of rotatable bonds is 4. The Kier molecular flexibility index (Phi) is 4.39. The lowest BCUT2D eigenvalue weighted by Crippen LogP contribution is -2.31. The van der Waals surface area contributed by atoms with Crippen LogP contribution < -0.4 is 11.5 Å². The Morgan fingerprint density at radius 3 is 2.70 bits per heavy atom. The first kappa shape index (κ1) is 14.5. The van der Waals surface area contributed by atoms with E-state index >= 15 is 0 Å². The van der Waals surface area contributed by atoms with Gasteiger partial charge in [0.05, 0.1) is 6.42 Å². The van der Waals surface area contributed by atoms with Gasteiger partial charge in [0.25, 0.3) is 0 Å². The van der Waals surface area contributed by atoms with Crippen molar-refractivity contribution in [1.29, 1.82) is 0 Å². The van der Waals surface area contributed by atoms with Gasteiger partial charge in [-0.2, -0.15) is 0 Å². The molecule has 1 aliphatic heterocycles. The van der Waals surface area contributed by atoms with Crippen LogP contribution in [0.15, 0.2) is 24.3 Å². The van der Waals surface area contributed by atoms with Gasteiger partial charge < -0.3 is 16.4 Å². The maximum atomic E-state index is 12.3. The van der Waals surface area contributed by atoms with Crippen LogP contribution >= 0.6 is 0 Å². The van der Waals surface area contributed by atoms with E-state index in [2.05, 4.69) is 6.92 Å². The Morgan fingerprint density at radius 2 is 2.10 bits per heavy atom. The number of amides is 2. The molecule has 108 valence electrons. The van der Waals surface area contributed by atoms with Crippen molar-refractivity contribution in [3.05, 3.63) is 35.4 Å². The van der Waals surface area contributed by atoms with Crippen molar-refractivity contribution in [2.45, 2.75) is 13.3 Å². The molecule has 2 amide bonds. The van der Waals surface area contributed by atoms with Gasteiger partial charge in [0.1, 0.15) is 0 Å². The third kappa shape index (κ3) is 3.17. The first-order valence-corrected chi connectivity index (χ1v) is 6.88. The van der Waals surface area contributed by atoms with Crippen molar-refractivity contribution >= 4 is 11.8 Å². The van der Waals surface area contributed by atoms with Gasteiger partial charge >= 0.3 is 0 Å². The third-order valence-electron chi connectivity index (χ3n) is 3.99. The Bertz CT molecular complexity index is 516. The summed E-state index contributed by atoms with van der Waals surface area (Å²) in [5.74, 6) is 0.434. The summed E-state index contributed by atoms with van der Waals surface area (Å²) >= 11 is 0. The molecule has 1 aromatic carbocycles. The lowest BCUT2D eigenvalue weighted by atomic mass is 9.99. The van der Waals surface area contributed by atoms with E-state index < -0.39 is 5.91 Å². The highest BCUT2D eigenvalue weighted by atomic mass is 16.2. The van der Waals surface area contributed by atoms with Crippen molar-refractivity contribution in [3.63, 3.8) is 0 Å². The Morgan fingerprint density at radius 1 is 1.35 bits per heavy atom. The first-order chi connectivity index (χ1) is 9.51. The second kappa shape index (κ2) is 6.05. The van der Waals surface area contributed by atoms with Crippen molar-refractivity contribution in [2.75, 3.05) is 19.6 Å². The van der Waals surface area contributed by atoms with Crippen molar-refractivity contribution in [2.24, 2.45) is 23.3 Å². The Hall–Kier alpha value is -1.88. The number of hydrogen-bond donors (Lipinski definition) is 2. The van der Waals surface area contributed by atoms with Crippen LogP contribution in [0.5, 0.6) is 0 Å². The van der Waals surface area contributed by atoms with Gasteiger partial charge in [-0.15, -0.1) is 0 Å². The van der Waals surface area contributed by atoms with E-state index in [4.69, 9.17) is 11.5 Å². The van der Waals surface area contributed by atoms with E-state index in [9.17, 15) is 9.59 Å². The zero-order valence-electron chi connectivity index (χ0n) is 11.7. The molecule has 2 unspecified atom stereocenters. The fraction of sp³-hybridized carbons (Fsp3) is 0.467. The largest absolute Gasteiger partial charge is 0.366 e. The number of nitrogens with zero attached hydrogens (tertiary/aromatic N) is 1. The van der Waals surface area contributed by atoms with Crippen molar-refractivity contribution < 1.29 is 9.59 Å². The quantitative estimate of drug-likeness (QED) is 0.832. The Labute approximate surface area is 118 Å². The van der Waals surface area contributed by atoms with Crippen LogP contribution in [0.3, 0.4) is 0 Å². The van der Waals surface area contributed by atoms with E-state index in [1.54, 1.807) is 18.2 Å². The second-order valence-electron chi connectivity index (χ2n) is 5.51. The molecule has 1 saturated heterocycles. The summed E-state index contributed by atoms with van der Waals surface area (Å²) in [6.07, 6.45) is 0.297. The van der Waals surface area contributed by atoms with Crippen LogP contribution in [0.4, 0.5) is 0 Å². The monoisotopic (exact) mass is 275 g/mol. The molecular formula is C15H21N3O2. The van der Waals surface area contributed by atoms with E-state index in [1.165, 1.54) is 0 Å². The molecule has 0 aromatic heterocycles. The molecule has 4 N–H and O–H groups in total. The van der Waals surface area contributed by atoms with Crippen LogP contribution in [-0.2, 0) is 11.2 Å². The highest BCUT2D eigenvalue weighted by Gasteiger charge is 2.31. The highest BCUT2D eigenvalue weighted by molar-refractivity contribution is 5.93. The maximum absolute atomic E-state index is 12.3. The number of nitrogens with two attached hydrogens (primary N) is 2. The lowest BCUT2D eigenvalue weighted by Gasteiger charge is -2.16. The molecule has 5 heteroatoms. The molecule has 1 aliphatic rings. The fourth-order valence-corrected chi connectivity index (χ4v) is 2.67. The van der Waals surface area contributed by atoms with Gasteiger partial charge in [-0.25, -0.2) is 0 Å². The average molecular weight is 275 g/mol. The van der Waals surface area contributed by atoms with E-state index in [0.29, 0.717) is 30.4 Å². The average Bonchev–Trinajstić information content (AvgIpc) is 2.80. The molecule has 2 rings (SSSR count). The van der Waals surface area contributed by atoms with Gasteiger partial charge in [0, 0.05) is 18.7 Å². The summed E-state index contributed by atoms with van der Waals surface area (Å²) in [7, 11) is 0. The van der Waals surface area contributed by atoms with Gasteiger partial charge in [-0.3, -0.25) is 9.59 Å². The number of likely N-dealkylation sites (tertiary alicyclic amines) is 1. The molecular weight excluding hydrogens is 254 g/mol. The summed E-state index contributed by atoms with van der Waals surface area (Å²) in [5, 5.41) is 0. The van der Waals surface area contributed by atoms with Crippen LogP contribution in [0.25, 0.3) is 0 Å². The van der Waals surface area contributed by atoms with Crippen LogP contribution in [0.1, 0.15) is 22.8 Å². The predicted octanol–water partition coefficient (Wildman–Crippen LogP) is 0.381. The minimum atomic E-state index is -0.475. The SMILES string of the molecule is CC1CN(C(=O)Cc2cccc(C(N)=O)c2)CC1CN.